The van der Waals surface area contributed by atoms with Crippen molar-refractivity contribution < 1.29 is 23.5 Å². The van der Waals surface area contributed by atoms with Crippen molar-refractivity contribution in [2.45, 2.75) is 13.0 Å². The average Bonchev–Trinajstić information content (AvgIpc) is 3.60. The minimum atomic E-state index is -0.809. The monoisotopic (exact) mass is 569 g/mol. The summed E-state index contributed by atoms with van der Waals surface area (Å²) in [7, 11) is 3.92. The van der Waals surface area contributed by atoms with E-state index in [9.17, 15) is 14.4 Å². The number of thiazole rings is 1. The Labute approximate surface area is 239 Å². The molecule has 2 aromatic heterocycles. The molecule has 0 spiro atoms. The maximum Gasteiger partial charge on any atom is 0.379 e. The zero-order valence-electron chi connectivity index (χ0n) is 22.7. The van der Waals surface area contributed by atoms with E-state index in [1.54, 1.807) is 37.3 Å². The van der Waals surface area contributed by atoms with Gasteiger partial charge in [-0.2, -0.15) is 0 Å². The smallest absolute Gasteiger partial charge is 0.379 e. The van der Waals surface area contributed by atoms with Crippen LogP contribution in [0.2, 0.25) is 0 Å². The lowest BCUT2D eigenvalue weighted by Crippen LogP contribution is -2.39. The zero-order chi connectivity index (χ0) is 29.1. The predicted octanol–water partition coefficient (Wildman–Crippen LogP) is 3.84. The number of furan rings is 1. The molecule has 208 valence electrons. The standard InChI is InChI=1S/C31H27N3O6S/c1-5-16-39-30(37)26-19(2)32-31-34(28(35)25(41-31)18-20-8-12-22(13-9-20)33(3)4)27(26)21-10-14-23(15-11-21)40-29(36)24-7-6-17-38-24/h5-15,17-18,27H,1,16H2,2-4H3/b25-18+/t27-/m1/s1. The van der Waals surface area contributed by atoms with Crippen LogP contribution in [0.1, 0.15) is 34.6 Å². The Kier molecular flexibility index (Phi) is 7.84. The maximum atomic E-state index is 13.8. The van der Waals surface area contributed by atoms with Gasteiger partial charge in [0.2, 0.25) is 5.76 Å². The molecule has 2 aromatic carbocycles. The summed E-state index contributed by atoms with van der Waals surface area (Å²) in [6.45, 7) is 5.34. The van der Waals surface area contributed by atoms with Crippen LogP contribution in [0, 0.1) is 0 Å². The first kappa shape index (κ1) is 27.6. The number of fused-ring (bicyclic) bond motifs is 1. The molecule has 9 nitrogen and oxygen atoms in total. The Morgan fingerprint density at radius 3 is 2.46 bits per heavy atom. The molecule has 0 saturated carbocycles. The number of nitrogens with zero attached hydrogens (tertiary/aromatic N) is 3. The lowest BCUT2D eigenvalue weighted by atomic mass is 9.96. The molecule has 0 radical (unpaired) electrons. The third kappa shape index (κ3) is 5.68. The molecule has 41 heavy (non-hydrogen) atoms. The Morgan fingerprint density at radius 1 is 1.10 bits per heavy atom. The highest BCUT2D eigenvalue weighted by Crippen LogP contribution is 2.32. The van der Waals surface area contributed by atoms with Crippen molar-refractivity contribution >= 4 is 35.0 Å². The summed E-state index contributed by atoms with van der Waals surface area (Å²) in [4.78, 5) is 46.4. The number of anilines is 1. The zero-order valence-corrected chi connectivity index (χ0v) is 23.5. The van der Waals surface area contributed by atoms with Crippen molar-refractivity contribution in [3.8, 4) is 5.75 Å². The first-order chi connectivity index (χ1) is 19.8. The molecule has 0 bridgehead atoms. The fourth-order valence-corrected chi connectivity index (χ4v) is 5.45. The highest BCUT2D eigenvalue weighted by molar-refractivity contribution is 7.07. The number of rotatable bonds is 8. The van der Waals surface area contributed by atoms with Crippen LogP contribution in [0.4, 0.5) is 5.69 Å². The van der Waals surface area contributed by atoms with Crippen LogP contribution in [0.15, 0.2) is 105 Å². The van der Waals surface area contributed by atoms with Crippen LogP contribution in [0.3, 0.4) is 0 Å². The summed E-state index contributed by atoms with van der Waals surface area (Å²) in [6, 6.07) is 16.7. The fraction of sp³-hybridized carbons (Fsp3) is 0.161. The van der Waals surface area contributed by atoms with Gasteiger partial charge in [0.05, 0.1) is 28.1 Å². The van der Waals surface area contributed by atoms with E-state index >= 15 is 0 Å². The maximum absolute atomic E-state index is 13.8. The summed E-state index contributed by atoms with van der Waals surface area (Å²) < 4.78 is 17.9. The molecule has 3 heterocycles. The van der Waals surface area contributed by atoms with Crippen molar-refractivity contribution in [1.82, 2.24) is 4.57 Å². The second-order valence-corrected chi connectivity index (χ2v) is 10.4. The number of allylic oxidation sites excluding steroid dienone is 1. The van der Waals surface area contributed by atoms with Gasteiger partial charge in [0, 0.05) is 19.8 Å². The lowest BCUT2D eigenvalue weighted by molar-refractivity contribution is -0.138. The molecule has 5 rings (SSSR count). The van der Waals surface area contributed by atoms with E-state index in [1.165, 1.54) is 34.3 Å². The van der Waals surface area contributed by atoms with Gasteiger partial charge in [-0.05, 0) is 60.5 Å². The average molecular weight is 570 g/mol. The summed E-state index contributed by atoms with van der Waals surface area (Å²) >= 11 is 1.25. The van der Waals surface area contributed by atoms with Gasteiger partial charge in [0.15, 0.2) is 4.80 Å². The Hall–Kier alpha value is -4.96. The molecule has 0 amide bonds. The molecule has 4 aromatic rings. The molecule has 1 aliphatic heterocycles. The first-order valence-corrected chi connectivity index (χ1v) is 13.5. The van der Waals surface area contributed by atoms with Crippen LogP contribution in [-0.2, 0) is 9.53 Å². The number of aromatic nitrogens is 1. The Bertz CT molecular complexity index is 1810. The molecule has 1 atom stereocenters. The van der Waals surface area contributed by atoms with Crippen LogP contribution in [0.25, 0.3) is 6.08 Å². The molecular weight excluding hydrogens is 542 g/mol. The molecule has 1 aliphatic rings. The van der Waals surface area contributed by atoms with Gasteiger partial charge in [-0.15, -0.1) is 0 Å². The summed E-state index contributed by atoms with van der Waals surface area (Å²) in [5, 5.41) is 0. The summed E-state index contributed by atoms with van der Waals surface area (Å²) in [5.41, 5.74) is 2.92. The van der Waals surface area contributed by atoms with Crippen LogP contribution >= 0.6 is 11.3 Å². The Morgan fingerprint density at radius 2 is 1.83 bits per heavy atom. The van der Waals surface area contributed by atoms with Crippen molar-refractivity contribution in [3.63, 3.8) is 0 Å². The quantitative estimate of drug-likeness (QED) is 0.180. The van der Waals surface area contributed by atoms with Crippen molar-refractivity contribution in [2.24, 2.45) is 4.99 Å². The number of esters is 2. The number of carbonyl (C=O) groups is 2. The number of carbonyl (C=O) groups excluding carboxylic acids is 2. The first-order valence-electron chi connectivity index (χ1n) is 12.7. The number of hydrogen-bond donors (Lipinski definition) is 0. The number of hydrogen-bond acceptors (Lipinski definition) is 9. The van der Waals surface area contributed by atoms with Crippen LogP contribution in [-0.4, -0.2) is 37.2 Å². The molecule has 0 unspecified atom stereocenters. The lowest BCUT2D eigenvalue weighted by Gasteiger charge is -2.24. The van der Waals surface area contributed by atoms with E-state index in [-0.39, 0.29) is 29.2 Å². The van der Waals surface area contributed by atoms with Gasteiger partial charge in [-0.3, -0.25) is 9.36 Å². The summed E-state index contributed by atoms with van der Waals surface area (Å²) in [5.74, 6) is -0.889. The molecule has 0 saturated heterocycles. The van der Waals surface area contributed by atoms with Crippen LogP contribution in [0.5, 0.6) is 5.75 Å². The fourth-order valence-electron chi connectivity index (χ4n) is 4.40. The largest absolute Gasteiger partial charge is 0.458 e. The third-order valence-corrected chi connectivity index (χ3v) is 7.39. The van der Waals surface area contributed by atoms with Crippen molar-refractivity contribution in [3.05, 3.63) is 127 Å². The number of benzene rings is 2. The number of ether oxygens (including phenoxy) is 2. The molecular formula is C31H27N3O6S. The minimum absolute atomic E-state index is 0.0113. The molecule has 0 N–H and O–H groups in total. The molecule has 10 heteroatoms. The second kappa shape index (κ2) is 11.6. The summed E-state index contributed by atoms with van der Waals surface area (Å²) in [6.07, 6.45) is 4.67. The SMILES string of the molecule is C=CCOC(=O)C1=C(C)N=c2s/c(=C/c3ccc(N(C)C)cc3)c(=O)n2[C@@H]1c1ccc(OC(=O)c2ccco2)cc1. The second-order valence-electron chi connectivity index (χ2n) is 9.39. The third-order valence-electron chi connectivity index (χ3n) is 6.41. The van der Waals surface area contributed by atoms with Gasteiger partial charge >= 0.3 is 11.9 Å². The van der Waals surface area contributed by atoms with E-state index < -0.39 is 18.0 Å². The van der Waals surface area contributed by atoms with E-state index in [2.05, 4.69) is 11.6 Å². The topological polar surface area (TPSA) is 103 Å². The predicted molar refractivity (Wildman–Crippen MR) is 156 cm³/mol. The van der Waals surface area contributed by atoms with Crippen molar-refractivity contribution in [2.75, 3.05) is 25.6 Å². The highest BCUT2D eigenvalue weighted by Gasteiger charge is 2.33. The molecule has 0 fully saturated rings. The highest BCUT2D eigenvalue weighted by atomic mass is 32.1. The van der Waals surface area contributed by atoms with E-state index in [0.29, 0.717) is 20.6 Å². The van der Waals surface area contributed by atoms with Crippen molar-refractivity contribution in [1.29, 1.82) is 0 Å². The van der Waals surface area contributed by atoms with Gasteiger partial charge in [-0.25, -0.2) is 14.6 Å². The van der Waals surface area contributed by atoms with E-state index in [1.807, 2.05) is 49.3 Å². The Balaban J connectivity index is 1.57. The van der Waals surface area contributed by atoms with Gasteiger partial charge in [0.25, 0.3) is 5.56 Å². The minimum Gasteiger partial charge on any atom is -0.458 e. The van der Waals surface area contributed by atoms with E-state index in [0.717, 1.165) is 11.3 Å². The normalized spacial score (nSPS) is 14.7. The van der Waals surface area contributed by atoms with Crippen LogP contribution < -0.4 is 24.5 Å². The van der Waals surface area contributed by atoms with Gasteiger partial charge in [-0.1, -0.05) is 48.3 Å². The van der Waals surface area contributed by atoms with Gasteiger partial charge < -0.3 is 18.8 Å². The van der Waals surface area contributed by atoms with E-state index in [4.69, 9.17) is 13.9 Å². The molecule has 0 aliphatic carbocycles. The van der Waals surface area contributed by atoms with Gasteiger partial charge in [0.1, 0.15) is 12.4 Å².